The molecule has 0 bridgehead atoms. The molecule has 2 atom stereocenters. The lowest BCUT2D eigenvalue weighted by Crippen LogP contribution is -2.35. The van der Waals surface area contributed by atoms with Gasteiger partial charge in [-0.2, -0.15) is 0 Å². The molecule has 0 aromatic heterocycles. The van der Waals surface area contributed by atoms with Crippen LogP contribution in [0.4, 0.5) is 0 Å². The Hall–Kier alpha value is -0.610. The number of rotatable bonds is 4. The summed E-state index contributed by atoms with van der Waals surface area (Å²) in [6.45, 7) is 3.46. The van der Waals surface area contributed by atoms with E-state index in [4.69, 9.17) is 0 Å². The fourth-order valence-corrected chi connectivity index (χ4v) is 1.90. The topological polar surface area (TPSA) is 52.6 Å². The molecule has 15 heavy (non-hydrogen) atoms. The summed E-state index contributed by atoms with van der Waals surface area (Å²) in [6, 6.07) is 0.339. The number of aliphatic hydroxyl groups is 1. The predicted molar refractivity (Wildman–Crippen MR) is 59.6 cm³/mol. The minimum absolute atomic E-state index is 0.154. The number of amides is 1. The molecule has 2 unspecified atom stereocenters. The summed E-state index contributed by atoms with van der Waals surface area (Å²) < 4.78 is 0. The summed E-state index contributed by atoms with van der Waals surface area (Å²) in [5.74, 6) is 0.154. The Morgan fingerprint density at radius 1 is 1.67 bits per heavy atom. The molecule has 0 aromatic rings. The van der Waals surface area contributed by atoms with E-state index in [0.717, 1.165) is 32.4 Å². The molecule has 1 aliphatic rings. The SMILES string of the molecule is CC(O)CCN(C)C1CCCNC(=O)C1. The monoisotopic (exact) mass is 214 g/mol. The second-order valence-electron chi connectivity index (χ2n) is 4.47. The van der Waals surface area contributed by atoms with Gasteiger partial charge in [-0.25, -0.2) is 0 Å². The number of hydrogen-bond donors (Lipinski definition) is 2. The Kier molecular flexibility index (Phi) is 5.05. The fraction of sp³-hybridized carbons (Fsp3) is 0.909. The van der Waals surface area contributed by atoms with E-state index in [1.807, 2.05) is 7.05 Å². The lowest BCUT2D eigenvalue weighted by Gasteiger charge is -2.26. The van der Waals surface area contributed by atoms with E-state index < -0.39 is 0 Å². The van der Waals surface area contributed by atoms with E-state index in [9.17, 15) is 9.90 Å². The first kappa shape index (κ1) is 12.5. The smallest absolute Gasteiger partial charge is 0.221 e. The molecule has 4 heteroatoms. The summed E-state index contributed by atoms with van der Waals surface area (Å²) in [4.78, 5) is 13.5. The van der Waals surface area contributed by atoms with Gasteiger partial charge in [0, 0.05) is 25.6 Å². The molecule has 2 N–H and O–H groups in total. The van der Waals surface area contributed by atoms with Gasteiger partial charge in [-0.3, -0.25) is 4.79 Å². The molecule has 4 nitrogen and oxygen atoms in total. The van der Waals surface area contributed by atoms with Gasteiger partial charge in [0.25, 0.3) is 0 Å². The van der Waals surface area contributed by atoms with Crippen LogP contribution in [0.15, 0.2) is 0 Å². The van der Waals surface area contributed by atoms with Crippen molar-refractivity contribution >= 4 is 5.91 Å². The van der Waals surface area contributed by atoms with Crippen molar-refractivity contribution in [2.24, 2.45) is 0 Å². The van der Waals surface area contributed by atoms with Crippen LogP contribution in [0.3, 0.4) is 0 Å². The van der Waals surface area contributed by atoms with E-state index in [1.165, 1.54) is 0 Å². The first-order valence-electron chi connectivity index (χ1n) is 5.74. The molecule has 1 aliphatic heterocycles. The zero-order chi connectivity index (χ0) is 11.3. The van der Waals surface area contributed by atoms with Gasteiger partial charge in [-0.1, -0.05) is 0 Å². The molecular weight excluding hydrogens is 192 g/mol. The zero-order valence-electron chi connectivity index (χ0n) is 9.70. The highest BCUT2D eigenvalue weighted by molar-refractivity contribution is 5.76. The molecule has 0 spiro atoms. The molecule has 0 aliphatic carbocycles. The van der Waals surface area contributed by atoms with E-state index >= 15 is 0 Å². The van der Waals surface area contributed by atoms with Crippen molar-refractivity contribution in [3.05, 3.63) is 0 Å². The minimum atomic E-state index is -0.257. The van der Waals surface area contributed by atoms with Crippen LogP contribution >= 0.6 is 0 Å². The second-order valence-corrected chi connectivity index (χ2v) is 4.47. The number of nitrogens with one attached hydrogen (secondary N) is 1. The first-order valence-corrected chi connectivity index (χ1v) is 5.74. The number of aliphatic hydroxyl groups excluding tert-OH is 1. The number of nitrogens with zero attached hydrogens (tertiary/aromatic N) is 1. The van der Waals surface area contributed by atoms with Gasteiger partial charge in [0.1, 0.15) is 0 Å². The average molecular weight is 214 g/mol. The molecule has 0 aromatic carbocycles. The zero-order valence-corrected chi connectivity index (χ0v) is 9.70. The second kappa shape index (κ2) is 6.08. The van der Waals surface area contributed by atoms with Gasteiger partial charge in [0.15, 0.2) is 0 Å². The van der Waals surface area contributed by atoms with E-state index in [0.29, 0.717) is 12.5 Å². The van der Waals surface area contributed by atoms with E-state index in [-0.39, 0.29) is 12.0 Å². The fourth-order valence-electron chi connectivity index (χ4n) is 1.90. The van der Waals surface area contributed by atoms with Gasteiger partial charge >= 0.3 is 0 Å². The Morgan fingerprint density at radius 3 is 3.07 bits per heavy atom. The maximum absolute atomic E-state index is 11.3. The predicted octanol–water partition coefficient (Wildman–Crippen LogP) is 0.358. The van der Waals surface area contributed by atoms with Crippen LogP contribution in [0.5, 0.6) is 0 Å². The van der Waals surface area contributed by atoms with Crippen molar-refractivity contribution in [1.29, 1.82) is 0 Å². The lowest BCUT2D eigenvalue weighted by atomic mass is 10.1. The quantitative estimate of drug-likeness (QED) is 0.710. The van der Waals surface area contributed by atoms with Crippen LogP contribution in [0.2, 0.25) is 0 Å². The molecule has 1 saturated heterocycles. The van der Waals surface area contributed by atoms with Crippen LogP contribution in [-0.4, -0.2) is 48.2 Å². The number of carbonyl (C=O) groups excluding carboxylic acids is 1. The number of hydrogen-bond acceptors (Lipinski definition) is 3. The molecule has 1 heterocycles. The Labute approximate surface area is 91.6 Å². The Balaban J connectivity index is 2.35. The van der Waals surface area contributed by atoms with Crippen molar-refractivity contribution < 1.29 is 9.90 Å². The Bertz CT molecular complexity index is 207. The molecule has 0 radical (unpaired) electrons. The van der Waals surface area contributed by atoms with Gasteiger partial charge in [0.2, 0.25) is 5.91 Å². The highest BCUT2D eigenvalue weighted by atomic mass is 16.3. The van der Waals surface area contributed by atoms with Crippen LogP contribution in [0.25, 0.3) is 0 Å². The van der Waals surface area contributed by atoms with Gasteiger partial charge in [-0.05, 0) is 33.2 Å². The summed E-state index contributed by atoms with van der Waals surface area (Å²) >= 11 is 0. The van der Waals surface area contributed by atoms with Crippen LogP contribution in [0, 0.1) is 0 Å². The summed E-state index contributed by atoms with van der Waals surface area (Å²) in [5, 5.41) is 12.1. The normalized spacial score (nSPS) is 24.8. The Morgan fingerprint density at radius 2 is 2.40 bits per heavy atom. The van der Waals surface area contributed by atoms with Crippen LogP contribution in [-0.2, 0) is 4.79 Å². The maximum atomic E-state index is 11.3. The summed E-state index contributed by atoms with van der Waals surface area (Å²) in [5.41, 5.74) is 0. The van der Waals surface area contributed by atoms with Gasteiger partial charge < -0.3 is 15.3 Å². The third kappa shape index (κ3) is 4.62. The number of carbonyl (C=O) groups is 1. The molecule has 1 amide bonds. The molecule has 1 rings (SSSR count). The summed E-state index contributed by atoms with van der Waals surface area (Å²) in [7, 11) is 2.03. The van der Waals surface area contributed by atoms with Crippen molar-refractivity contribution in [3.8, 4) is 0 Å². The molecule has 88 valence electrons. The lowest BCUT2D eigenvalue weighted by molar-refractivity contribution is -0.121. The molecule has 1 fully saturated rings. The van der Waals surface area contributed by atoms with Crippen molar-refractivity contribution in [2.75, 3.05) is 20.1 Å². The van der Waals surface area contributed by atoms with Crippen molar-refractivity contribution in [2.45, 2.75) is 44.8 Å². The van der Waals surface area contributed by atoms with Gasteiger partial charge in [-0.15, -0.1) is 0 Å². The average Bonchev–Trinajstić information content (AvgIpc) is 2.39. The first-order chi connectivity index (χ1) is 7.09. The van der Waals surface area contributed by atoms with E-state index in [2.05, 4.69) is 10.2 Å². The largest absolute Gasteiger partial charge is 0.393 e. The van der Waals surface area contributed by atoms with Crippen molar-refractivity contribution in [3.63, 3.8) is 0 Å². The highest BCUT2D eigenvalue weighted by Crippen LogP contribution is 2.13. The van der Waals surface area contributed by atoms with Crippen LogP contribution < -0.4 is 5.32 Å². The minimum Gasteiger partial charge on any atom is -0.393 e. The maximum Gasteiger partial charge on any atom is 0.221 e. The third-order valence-corrected chi connectivity index (χ3v) is 2.98. The third-order valence-electron chi connectivity index (χ3n) is 2.98. The molecular formula is C11H22N2O2. The highest BCUT2D eigenvalue weighted by Gasteiger charge is 2.20. The molecule has 0 saturated carbocycles. The van der Waals surface area contributed by atoms with Gasteiger partial charge in [0.05, 0.1) is 6.10 Å². The standard InChI is InChI=1S/C11H22N2O2/c1-9(14)5-7-13(2)10-4-3-6-12-11(15)8-10/h9-10,14H,3-8H2,1-2H3,(H,12,15). The van der Waals surface area contributed by atoms with E-state index in [1.54, 1.807) is 6.92 Å². The van der Waals surface area contributed by atoms with Crippen molar-refractivity contribution in [1.82, 2.24) is 10.2 Å². The summed E-state index contributed by atoms with van der Waals surface area (Å²) in [6.07, 6.45) is 3.22. The van der Waals surface area contributed by atoms with Crippen LogP contribution in [0.1, 0.15) is 32.6 Å².